The van der Waals surface area contributed by atoms with Gasteiger partial charge in [-0.1, -0.05) is 6.07 Å². The van der Waals surface area contributed by atoms with Crippen molar-refractivity contribution in [2.75, 3.05) is 18.5 Å². The largest absolute Gasteiger partial charge is 0.462 e. The van der Waals surface area contributed by atoms with Gasteiger partial charge in [0.05, 0.1) is 18.9 Å². The molecule has 0 aliphatic heterocycles. The molecule has 0 radical (unpaired) electrons. The van der Waals surface area contributed by atoms with Gasteiger partial charge in [0, 0.05) is 10.7 Å². The van der Waals surface area contributed by atoms with Crippen LogP contribution in [0.2, 0.25) is 0 Å². The average molecular weight is 356 g/mol. The third-order valence-electron chi connectivity index (χ3n) is 2.48. The number of hydrogen-bond acceptors (Lipinski definition) is 5. The van der Waals surface area contributed by atoms with E-state index in [0.29, 0.717) is 0 Å². The van der Waals surface area contributed by atoms with E-state index in [2.05, 4.69) is 21.2 Å². The summed E-state index contributed by atoms with van der Waals surface area (Å²) in [6, 6.07) is 5.70. The summed E-state index contributed by atoms with van der Waals surface area (Å²) in [5, 5.41) is 2.92. The van der Waals surface area contributed by atoms with Crippen molar-refractivity contribution in [3.05, 3.63) is 40.0 Å². The van der Waals surface area contributed by atoms with Crippen molar-refractivity contribution < 1.29 is 19.1 Å². The molecule has 5 nitrogen and oxygen atoms in total. The van der Waals surface area contributed by atoms with Crippen LogP contribution in [-0.4, -0.2) is 25.2 Å². The Labute approximate surface area is 132 Å². The first-order chi connectivity index (χ1) is 9.99. The molecule has 1 aromatic carbocycles. The normalized spacial score (nSPS) is 9.71. The summed E-state index contributed by atoms with van der Waals surface area (Å²) in [6.45, 7) is 5.66. The molecule has 0 aliphatic rings. The van der Waals surface area contributed by atoms with Crippen LogP contribution in [0, 0.1) is 6.92 Å². The van der Waals surface area contributed by atoms with Gasteiger partial charge >= 0.3 is 11.9 Å². The highest BCUT2D eigenvalue weighted by atomic mass is 79.9. The number of aryl methyl sites for hydroxylation is 1. The summed E-state index contributed by atoms with van der Waals surface area (Å²) in [4.78, 5) is 23.6. The molecule has 21 heavy (non-hydrogen) atoms. The molecular weight excluding hydrogens is 338 g/mol. The van der Waals surface area contributed by atoms with Gasteiger partial charge in [-0.05, 0) is 54.4 Å². The van der Waals surface area contributed by atoms with Gasteiger partial charge in [-0.15, -0.1) is 0 Å². The van der Waals surface area contributed by atoms with Gasteiger partial charge in [0.25, 0.3) is 0 Å². The number of ether oxygens (including phenoxy) is 2. The molecule has 0 aliphatic carbocycles. The molecule has 1 N–H and O–H groups in total. The van der Waals surface area contributed by atoms with Gasteiger partial charge < -0.3 is 14.8 Å². The highest BCUT2D eigenvalue weighted by Crippen LogP contribution is 2.23. The van der Waals surface area contributed by atoms with Crippen molar-refractivity contribution in [1.82, 2.24) is 0 Å². The smallest absolute Gasteiger partial charge is 0.347 e. The van der Waals surface area contributed by atoms with E-state index >= 15 is 0 Å². The van der Waals surface area contributed by atoms with E-state index in [1.165, 1.54) is 6.20 Å². The maximum atomic E-state index is 11.8. The number of halogens is 1. The summed E-state index contributed by atoms with van der Waals surface area (Å²) in [5.74, 6) is -1.43. The van der Waals surface area contributed by atoms with Gasteiger partial charge in [-0.25, -0.2) is 9.59 Å². The van der Waals surface area contributed by atoms with E-state index in [4.69, 9.17) is 9.47 Å². The summed E-state index contributed by atoms with van der Waals surface area (Å²) >= 11 is 3.39. The fraction of sp³-hybridized carbons (Fsp3) is 0.333. The Balaban J connectivity index is 2.99. The molecule has 0 bridgehead atoms. The first-order valence-electron chi connectivity index (χ1n) is 6.56. The van der Waals surface area contributed by atoms with E-state index < -0.39 is 11.9 Å². The van der Waals surface area contributed by atoms with Crippen LogP contribution in [0.25, 0.3) is 0 Å². The highest BCUT2D eigenvalue weighted by molar-refractivity contribution is 9.10. The predicted molar refractivity (Wildman–Crippen MR) is 83.9 cm³/mol. The zero-order valence-electron chi connectivity index (χ0n) is 12.2. The third-order valence-corrected chi connectivity index (χ3v) is 3.18. The van der Waals surface area contributed by atoms with Crippen LogP contribution in [0.3, 0.4) is 0 Å². The van der Waals surface area contributed by atoms with Crippen LogP contribution in [0.1, 0.15) is 19.4 Å². The van der Waals surface area contributed by atoms with E-state index in [1.807, 2.05) is 25.1 Å². The van der Waals surface area contributed by atoms with E-state index in [-0.39, 0.29) is 18.8 Å². The van der Waals surface area contributed by atoms with Crippen LogP contribution >= 0.6 is 15.9 Å². The molecule has 0 aromatic heterocycles. The molecule has 0 saturated heterocycles. The summed E-state index contributed by atoms with van der Waals surface area (Å²) < 4.78 is 10.5. The predicted octanol–water partition coefficient (Wildman–Crippen LogP) is 3.18. The zero-order chi connectivity index (χ0) is 15.8. The SMILES string of the molecule is CCOC(=O)C(=CNc1cc(C)ccc1Br)C(=O)OCC. The Hall–Kier alpha value is -1.82. The standard InChI is InChI=1S/C15H18BrNO4/c1-4-20-14(18)11(15(19)21-5-2)9-17-13-8-10(3)6-7-12(13)16/h6-9,17H,4-5H2,1-3H3. The molecule has 0 heterocycles. The molecule has 0 unspecified atom stereocenters. The number of rotatable bonds is 6. The lowest BCUT2D eigenvalue weighted by Gasteiger charge is -2.09. The number of esters is 2. The van der Waals surface area contributed by atoms with Crippen LogP contribution in [0.5, 0.6) is 0 Å². The second-order valence-electron chi connectivity index (χ2n) is 4.13. The summed E-state index contributed by atoms with van der Waals surface area (Å²) in [7, 11) is 0. The average Bonchev–Trinajstić information content (AvgIpc) is 2.43. The number of nitrogens with one attached hydrogen (secondary N) is 1. The minimum Gasteiger partial charge on any atom is -0.462 e. The molecule has 0 atom stereocenters. The lowest BCUT2D eigenvalue weighted by molar-refractivity contribution is -0.146. The number of benzene rings is 1. The highest BCUT2D eigenvalue weighted by Gasteiger charge is 2.21. The van der Waals surface area contributed by atoms with Crippen LogP contribution in [-0.2, 0) is 19.1 Å². The second kappa shape index (κ2) is 8.46. The topological polar surface area (TPSA) is 64.6 Å². The van der Waals surface area contributed by atoms with E-state index in [1.54, 1.807) is 13.8 Å². The van der Waals surface area contributed by atoms with Gasteiger partial charge in [-0.2, -0.15) is 0 Å². The summed E-state index contributed by atoms with van der Waals surface area (Å²) in [5.41, 5.74) is 1.61. The molecule has 1 rings (SSSR count). The molecule has 114 valence electrons. The van der Waals surface area contributed by atoms with Crippen molar-refractivity contribution in [3.8, 4) is 0 Å². The molecule has 1 aromatic rings. The van der Waals surface area contributed by atoms with Crippen LogP contribution in [0.15, 0.2) is 34.4 Å². The fourth-order valence-electron chi connectivity index (χ4n) is 1.52. The fourth-order valence-corrected chi connectivity index (χ4v) is 1.88. The summed E-state index contributed by atoms with van der Waals surface area (Å²) in [6.07, 6.45) is 1.30. The Kier molecular flexibility index (Phi) is 6.94. The molecular formula is C15H18BrNO4. The number of carbonyl (C=O) groups excluding carboxylic acids is 2. The van der Waals surface area contributed by atoms with Crippen molar-refractivity contribution in [2.45, 2.75) is 20.8 Å². The Morgan fingerprint density at radius 2 is 1.76 bits per heavy atom. The maximum absolute atomic E-state index is 11.8. The third kappa shape index (κ3) is 5.23. The molecule has 0 spiro atoms. The Morgan fingerprint density at radius 1 is 1.19 bits per heavy atom. The lowest BCUT2D eigenvalue weighted by Crippen LogP contribution is -2.19. The van der Waals surface area contributed by atoms with E-state index in [9.17, 15) is 9.59 Å². The van der Waals surface area contributed by atoms with Crippen molar-refractivity contribution in [3.63, 3.8) is 0 Å². The van der Waals surface area contributed by atoms with Crippen molar-refractivity contribution in [2.24, 2.45) is 0 Å². The zero-order valence-corrected chi connectivity index (χ0v) is 13.8. The van der Waals surface area contributed by atoms with E-state index in [0.717, 1.165) is 15.7 Å². The van der Waals surface area contributed by atoms with Gasteiger partial charge in [0.15, 0.2) is 5.57 Å². The van der Waals surface area contributed by atoms with Gasteiger partial charge in [0.2, 0.25) is 0 Å². The maximum Gasteiger partial charge on any atom is 0.347 e. The number of hydrogen-bond donors (Lipinski definition) is 1. The Morgan fingerprint density at radius 3 is 2.29 bits per heavy atom. The molecule has 0 fully saturated rings. The molecule has 0 saturated carbocycles. The lowest BCUT2D eigenvalue weighted by atomic mass is 10.2. The molecule has 0 amide bonds. The van der Waals surface area contributed by atoms with Crippen LogP contribution < -0.4 is 5.32 Å². The monoisotopic (exact) mass is 355 g/mol. The first kappa shape index (κ1) is 17.2. The van der Waals surface area contributed by atoms with Crippen molar-refractivity contribution in [1.29, 1.82) is 0 Å². The minimum absolute atomic E-state index is 0.174. The Bertz CT molecular complexity index is 535. The minimum atomic E-state index is -0.716. The first-order valence-corrected chi connectivity index (χ1v) is 7.36. The quantitative estimate of drug-likeness (QED) is 0.367. The van der Waals surface area contributed by atoms with Gasteiger partial charge in [-0.3, -0.25) is 0 Å². The van der Waals surface area contributed by atoms with Crippen LogP contribution in [0.4, 0.5) is 5.69 Å². The number of carbonyl (C=O) groups is 2. The number of anilines is 1. The van der Waals surface area contributed by atoms with Crippen molar-refractivity contribution >= 4 is 33.6 Å². The molecule has 6 heteroatoms. The van der Waals surface area contributed by atoms with Gasteiger partial charge in [0.1, 0.15) is 0 Å². The second-order valence-corrected chi connectivity index (χ2v) is 4.98.